The second-order valence-electron chi connectivity index (χ2n) is 4.11. The fourth-order valence-electron chi connectivity index (χ4n) is 2.69. The molecule has 2 nitrogen and oxygen atoms in total. The van der Waals surface area contributed by atoms with Gasteiger partial charge in [-0.25, -0.2) is 0 Å². The van der Waals surface area contributed by atoms with Crippen molar-refractivity contribution in [3.05, 3.63) is 56.8 Å². The number of hydrogen-bond acceptors (Lipinski definition) is 2. The van der Waals surface area contributed by atoms with E-state index in [2.05, 4.69) is 0 Å². The maximum Gasteiger partial charge on any atom is 0.194 e. The number of rotatable bonds is 0. The summed E-state index contributed by atoms with van der Waals surface area (Å²) < 4.78 is 0. The molecule has 0 aromatic heterocycles. The van der Waals surface area contributed by atoms with E-state index in [1.165, 1.54) is 0 Å². The summed E-state index contributed by atoms with van der Waals surface area (Å²) in [7, 11) is 0. The monoisotopic (exact) mass is 206 g/mol. The van der Waals surface area contributed by atoms with Gasteiger partial charge in [-0.2, -0.15) is 0 Å². The molecular formula is C14H6O2. The summed E-state index contributed by atoms with van der Waals surface area (Å²) in [6.07, 6.45) is 0. The molecule has 2 heteroatoms. The van der Waals surface area contributed by atoms with Gasteiger partial charge < -0.3 is 0 Å². The molecule has 74 valence electrons. The SMILES string of the molecule is O=c1c2cccc3c2-c2c1cccc2c3=O. The van der Waals surface area contributed by atoms with Gasteiger partial charge in [0.05, 0.1) is 0 Å². The third-order valence-corrected chi connectivity index (χ3v) is 3.36. The van der Waals surface area contributed by atoms with E-state index in [0.717, 1.165) is 11.1 Å². The fourth-order valence-corrected chi connectivity index (χ4v) is 2.69. The summed E-state index contributed by atoms with van der Waals surface area (Å²) in [4.78, 5) is 24.1. The standard InChI is InChI=1S/C14H6O2/c15-13-7-3-1-4-8-11(7)12-9(13)5-2-6-10(12)14(8)16/h1-6H. The van der Waals surface area contributed by atoms with Crippen LogP contribution < -0.4 is 10.9 Å². The van der Waals surface area contributed by atoms with E-state index in [9.17, 15) is 9.59 Å². The average molecular weight is 206 g/mol. The summed E-state index contributed by atoms with van der Waals surface area (Å²) in [5.41, 5.74) is 1.79. The summed E-state index contributed by atoms with van der Waals surface area (Å²) in [5.74, 6) is 0. The molecule has 2 aromatic rings. The predicted octanol–water partition coefficient (Wildman–Crippen LogP) is 2.13. The Hall–Kier alpha value is -2.22. The first-order valence-corrected chi connectivity index (χ1v) is 5.15. The lowest BCUT2D eigenvalue weighted by Crippen LogP contribution is -1.98. The van der Waals surface area contributed by atoms with E-state index in [4.69, 9.17) is 0 Å². The quantitative estimate of drug-likeness (QED) is 0.441. The Balaban J connectivity index is 2.61. The normalized spacial score (nSPS) is 12.2. The molecule has 0 atom stereocenters. The van der Waals surface area contributed by atoms with Crippen molar-refractivity contribution in [2.75, 3.05) is 0 Å². The Bertz CT molecular complexity index is 743. The zero-order chi connectivity index (χ0) is 10.9. The first kappa shape index (κ1) is 7.99. The van der Waals surface area contributed by atoms with E-state index < -0.39 is 0 Å². The van der Waals surface area contributed by atoms with Crippen LogP contribution in [-0.2, 0) is 0 Å². The lowest BCUT2D eigenvalue weighted by molar-refractivity contribution is 1.75. The van der Waals surface area contributed by atoms with Gasteiger partial charge in [-0.05, 0) is 0 Å². The Morgan fingerprint density at radius 1 is 0.562 bits per heavy atom. The van der Waals surface area contributed by atoms with Crippen LogP contribution in [0.25, 0.3) is 32.7 Å². The molecule has 0 amide bonds. The minimum Gasteiger partial charge on any atom is -0.289 e. The Morgan fingerprint density at radius 3 is 1.19 bits per heavy atom. The van der Waals surface area contributed by atoms with E-state index in [1.54, 1.807) is 36.4 Å². The molecule has 2 aliphatic carbocycles. The first-order chi connectivity index (χ1) is 7.79. The first-order valence-electron chi connectivity index (χ1n) is 5.15. The maximum atomic E-state index is 12.1. The van der Waals surface area contributed by atoms with Crippen molar-refractivity contribution in [1.82, 2.24) is 0 Å². The maximum absolute atomic E-state index is 12.1. The molecule has 0 unspecified atom stereocenters. The Kier molecular flexibility index (Phi) is 1.15. The molecule has 4 rings (SSSR count). The largest absolute Gasteiger partial charge is 0.289 e. The van der Waals surface area contributed by atoms with Crippen LogP contribution in [0.5, 0.6) is 0 Å². The fraction of sp³-hybridized carbons (Fsp3) is 0. The molecule has 16 heavy (non-hydrogen) atoms. The van der Waals surface area contributed by atoms with Crippen LogP contribution in [0.2, 0.25) is 0 Å². The van der Waals surface area contributed by atoms with Gasteiger partial charge in [-0.1, -0.05) is 36.4 Å². The highest BCUT2D eigenvalue weighted by Crippen LogP contribution is 2.38. The lowest BCUT2D eigenvalue weighted by Gasteiger charge is -1.94. The molecule has 0 saturated carbocycles. The third-order valence-electron chi connectivity index (χ3n) is 3.36. The van der Waals surface area contributed by atoms with Gasteiger partial charge in [0.25, 0.3) is 0 Å². The average Bonchev–Trinajstić information content (AvgIpc) is 2.78. The van der Waals surface area contributed by atoms with Crippen LogP contribution in [-0.4, -0.2) is 0 Å². The number of hydrogen-bond donors (Lipinski definition) is 0. The van der Waals surface area contributed by atoms with Crippen LogP contribution in [0.15, 0.2) is 46.0 Å². The van der Waals surface area contributed by atoms with E-state index >= 15 is 0 Å². The van der Waals surface area contributed by atoms with E-state index in [1.807, 2.05) is 0 Å². The van der Waals surface area contributed by atoms with Gasteiger partial charge in [0, 0.05) is 32.7 Å². The van der Waals surface area contributed by atoms with E-state index in [-0.39, 0.29) is 10.9 Å². The van der Waals surface area contributed by atoms with Crippen molar-refractivity contribution in [2.45, 2.75) is 0 Å². The van der Waals surface area contributed by atoms with Crippen molar-refractivity contribution in [3.8, 4) is 11.1 Å². The van der Waals surface area contributed by atoms with E-state index in [0.29, 0.717) is 21.5 Å². The molecule has 2 aromatic carbocycles. The summed E-state index contributed by atoms with van der Waals surface area (Å²) in [5, 5.41) is 2.69. The minimum atomic E-state index is 0.0428. The molecule has 0 bridgehead atoms. The molecule has 0 saturated heterocycles. The van der Waals surface area contributed by atoms with Gasteiger partial charge in [0.2, 0.25) is 0 Å². The van der Waals surface area contributed by atoms with Gasteiger partial charge in [0.1, 0.15) is 0 Å². The zero-order valence-electron chi connectivity index (χ0n) is 8.28. The van der Waals surface area contributed by atoms with Crippen LogP contribution in [0.4, 0.5) is 0 Å². The highest BCUT2D eigenvalue weighted by Gasteiger charge is 2.24. The number of benzene rings is 2. The van der Waals surface area contributed by atoms with Gasteiger partial charge in [-0.15, -0.1) is 0 Å². The zero-order valence-corrected chi connectivity index (χ0v) is 8.28. The molecular weight excluding hydrogens is 200 g/mol. The van der Waals surface area contributed by atoms with Crippen LogP contribution in [0, 0.1) is 0 Å². The van der Waals surface area contributed by atoms with Gasteiger partial charge in [0.15, 0.2) is 10.9 Å². The Morgan fingerprint density at radius 2 is 0.875 bits per heavy atom. The molecule has 2 aliphatic rings. The molecule has 0 aliphatic heterocycles. The Labute approximate surface area is 90.1 Å². The van der Waals surface area contributed by atoms with Crippen LogP contribution in [0.3, 0.4) is 0 Å². The van der Waals surface area contributed by atoms with Crippen molar-refractivity contribution < 1.29 is 0 Å². The van der Waals surface area contributed by atoms with Crippen molar-refractivity contribution in [3.63, 3.8) is 0 Å². The molecule has 0 radical (unpaired) electrons. The molecule has 0 fully saturated rings. The van der Waals surface area contributed by atoms with Crippen LogP contribution >= 0.6 is 0 Å². The summed E-state index contributed by atoms with van der Waals surface area (Å²) in [6, 6.07) is 10.7. The van der Waals surface area contributed by atoms with Gasteiger partial charge in [-0.3, -0.25) is 9.59 Å². The summed E-state index contributed by atoms with van der Waals surface area (Å²) >= 11 is 0. The van der Waals surface area contributed by atoms with Crippen molar-refractivity contribution >= 4 is 21.5 Å². The molecule has 0 N–H and O–H groups in total. The predicted molar refractivity (Wildman–Crippen MR) is 64.2 cm³/mol. The summed E-state index contributed by atoms with van der Waals surface area (Å²) in [6.45, 7) is 0. The van der Waals surface area contributed by atoms with Crippen LogP contribution in [0.1, 0.15) is 0 Å². The van der Waals surface area contributed by atoms with Crippen molar-refractivity contribution in [2.24, 2.45) is 0 Å². The highest BCUT2D eigenvalue weighted by atomic mass is 16.1. The van der Waals surface area contributed by atoms with Crippen molar-refractivity contribution in [1.29, 1.82) is 0 Å². The molecule has 0 heterocycles. The highest BCUT2D eigenvalue weighted by molar-refractivity contribution is 6.17. The molecule has 0 spiro atoms. The topological polar surface area (TPSA) is 34.1 Å². The smallest absolute Gasteiger partial charge is 0.194 e. The second kappa shape index (κ2) is 2.30. The third kappa shape index (κ3) is 0.653. The minimum absolute atomic E-state index is 0.0428. The lowest BCUT2D eigenvalue weighted by atomic mass is 10.1. The van der Waals surface area contributed by atoms with Gasteiger partial charge >= 0.3 is 0 Å². The second-order valence-corrected chi connectivity index (χ2v) is 4.11.